The fourth-order valence-electron chi connectivity index (χ4n) is 2.78. The van der Waals surface area contributed by atoms with Crippen molar-refractivity contribution in [1.82, 2.24) is 5.32 Å². The zero-order chi connectivity index (χ0) is 14.8. The fourth-order valence-corrected chi connectivity index (χ4v) is 4.52. The molecule has 1 nitrogen and oxygen atoms in total. The van der Waals surface area contributed by atoms with E-state index >= 15 is 0 Å². The molecule has 2 unspecified atom stereocenters. The van der Waals surface area contributed by atoms with E-state index in [2.05, 4.69) is 89.0 Å². The molecule has 1 aromatic heterocycles. The fraction of sp³-hybridized carbons (Fsp3) is 0.222. The lowest BCUT2D eigenvalue weighted by Crippen LogP contribution is -2.22. The molecule has 2 aromatic carbocycles. The van der Waals surface area contributed by atoms with Crippen LogP contribution in [0.25, 0.3) is 10.8 Å². The Morgan fingerprint density at radius 3 is 2.48 bits per heavy atom. The van der Waals surface area contributed by atoms with Crippen LogP contribution in [-0.2, 0) is 0 Å². The molecule has 1 N–H and O–H groups in total. The zero-order valence-electron chi connectivity index (χ0n) is 12.1. The average Bonchev–Trinajstić information content (AvgIpc) is 2.92. The SMILES string of the molecule is CC(NC(C)c1cccc2ccccc12)c1sccc1Br. The maximum Gasteiger partial charge on any atom is 0.0402 e. The van der Waals surface area contributed by atoms with Gasteiger partial charge < -0.3 is 5.32 Å². The zero-order valence-corrected chi connectivity index (χ0v) is 14.5. The quantitative estimate of drug-likeness (QED) is 0.595. The van der Waals surface area contributed by atoms with Crippen LogP contribution in [0.2, 0.25) is 0 Å². The van der Waals surface area contributed by atoms with Crippen molar-refractivity contribution >= 4 is 38.0 Å². The molecule has 3 aromatic rings. The van der Waals surface area contributed by atoms with Crippen molar-refractivity contribution in [2.24, 2.45) is 0 Å². The van der Waals surface area contributed by atoms with E-state index in [0.717, 1.165) is 0 Å². The predicted molar refractivity (Wildman–Crippen MR) is 95.9 cm³/mol. The molecule has 3 rings (SSSR count). The Labute approximate surface area is 138 Å². The van der Waals surface area contributed by atoms with E-state index in [1.807, 2.05) is 0 Å². The number of hydrogen-bond acceptors (Lipinski definition) is 2. The summed E-state index contributed by atoms with van der Waals surface area (Å²) in [5.41, 5.74) is 1.35. The lowest BCUT2D eigenvalue weighted by Gasteiger charge is -2.21. The van der Waals surface area contributed by atoms with Gasteiger partial charge in [-0.15, -0.1) is 11.3 Å². The molecule has 0 spiro atoms. The molecule has 0 bridgehead atoms. The van der Waals surface area contributed by atoms with Crippen LogP contribution in [0, 0.1) is 0 Å². The lowest BCUT2D eigenvalue weighted by atomic mass is 9.99. The second kappa shape index (κ2) is 6.30. The summed E-state index contributed by atoms with van der Waals surface area (Å²) in [5, 5.41) is 8.47. The van der Waals surface area contributed by atoms with E-state index in [1.165, 1.54) is 25.7 Å². The van der Waals surface area contributed by atoms with Gasteiger partial charge in [0.15, 0.2) is 0 Å². The molecular weight excluding hydrogens is 342 g/mol. The Kier molecular flexibility index (Phi) is 4.43. The summed E-state index contributed by atoms with van der Waals surface area (Å²) in [7, 11) is 0. The molecule has 1 heterocycles. The molecule has 3 heteroatoms. The molecule has 0 saturated heterocycles. The Bertz CT molecular complexity index is 744. The van der Waals surface area contributed by atoms with Crippen LogP contribution in [0.15, 0.2) is 58.4 Å². The highest BCUT2D eigenvalue weighted by molar-refractivity contribution is 9.10. The van der Waals surface area contributed by atoms with Crippen LogP contribution in [0.5, 0.6) is 0 Å². The maximum absolute atomic E-state index is 3.71. The van der Waals surface area contributed by atoms with Crippen molar-refractivity contribution in [1.29, 1.82) is 0 Å². The summed E-state index contributed by atoms with van der Waals surface area (Å²) >= 11 is 5.41. The molecule has 0 amide bonds. The van der Waals surface area contributed by atoms with E-state index in [9.17, 15) is 0 Å². The predicted octanol–water partition coefficient (Wildman–Crippen LogP) is 6.08. The van der Waals surface area contributed by atoms with E-state index in [4.69, 9.17) is 0 Å². The molecule has 0 aliphatic heterocycles. The number of rotatable bonds is 4. The monoisotopic (exact) mass is 359 g/mol. The van der Waals surface area contributed by atoms with Gasteiger partial charge in [-0.3, -0.25) is 0 Å². The molecule has 0 saturated carbocycles. The lowest BCUT2D eigenvalue weighted by molar-refractivity contribution is 0.501. The van der Waals surface area contributed by atoms with Crippen molar-refractivity contribution in [3.8, 4) is 0 Å². The first-order chi connectivity index (χ1) is 10.2. The van der Waals surface area contributed by atoms with Crippen molar-refractivity contribution in [2.45, 2.75) is 25.9 Å². The second-order valence-electron chi connectivity index (χ2n) is 5.31. The topological polar surface area (TPSA) is 12.0 Å². The van der Waals surface area contributed by atoms with E-state index in [0.29, 0.717) is 12.1 Å². The van der Waals surface area contributed by atoms with Gasteiger partial charge in [-0.2, -0.15) is 0 Å². The first kappa shape index (κ1) is 14.8. The largest absolute Gasteiger partial charge is 0.303 e. The minimum atomic E-state index is 0.306. The van der Waals surface area contributed by atoms with Gasteiger partial charge in [0.1, 0.15) is 0 Å². The Balaban J connectivity index is 1.87. The molecular formula is C18H18BrNS. The van der Waals surface area contributed by atoms with Crippen molar-refractivity contribution < 1.29 is 0 Å². The molecule has 0 aliphatic rings. The highest BCUT2D eigenvalue weighted by Crippen LogP contribution is 2.31. The van der Waals surface area contributed by atoms with Gasteiger partial charge in [0.25, 0.3) is 0 Å². The van der Waals surface area contributed by atoms with Crippen molar-refractivity contribution in [3.05, 3.63) is 68.8 Å². The standard InChI is InChI=1S/C18H18BrNS/c1-12(20-13(2)18-17(19)10-11-21-18)15-9-5-7-14-6-3-4-8-16(14)15/h3-13,20H,1-2H3. The average molecular weight is 360 g/mol. The van der Waals surface area contributed by atoms with Gasteiger partial charge in [-0.1, -0.05) is 42.5 Å². The van der Waals surface area contributed by atoms with Crippen LogP contribution >= 0.6 is 27.3 Å². The summed E-state index contributed by atoms with van der Waals surface area (Å²) in [6, 6.07) is 17.9. The van der Waals surface area contributed by atoms with Gasteiger partial charge in [0.2, 0.25) is 0 Å². The van der Waals surface area contributed by atoms with Crippen LogP contribution < -0.4 is 5.32 Å². The minimum Gasteiger partial charge on any atom is -0.303 e. The third-order valence-corrected chi connectivity index (χ3v) is 5.88. The number of halogens is 1. The highest BCUT2D eigenvalue weighted by Gasteiger charge is 2.15. The number of benzene rings is 2. The third-order valence-electron chi connectivity index (χ3n) is 3.83. The van der Waals surface area contributed by atoms with Crippen LogP contribution in [0.3, 0.4) is 0 Å². The summed E-state index contributed by atoms with van der Waals surface area (Å²) in [5.74, 6) is 0. The van der Waals surface area contributed by atoms with Gasteiger partial charge >= 0.3 is 0 Å². The van der Waals surface area contributed by atoms with E-state index in [-0.39, 0.29) is 0 Å². The summed E-state index contributed by atoms with van der Waals surface area (Å²) in [6.07, 6.45) is 0. The van der Waals surface area contributed by atoms with Crippen LogP contribution in [-0.4, -0.2) is 0 Å². The van der Waals surface area contributed by atoms with Crippen LogP contribution in [0.1, 0.15) is 36.4 Å². The molecule has 0 radical (unpaired) electrons. The van der Waals surface area contributed by atoms with Crippen molar-refractivity contribution in [2.75, 3.05) is 0 Å². The molecule has 21 heavy (non-hydrogen) atoms. The Hall–Kier alpha value is -1.16. The van der Waals surface area contributed by atoms with Gasteiger partial charge in [0.05, 0.1) is 0 Å². The molecule has 0 fully saturated rings. The van der Waals surface area contributed by atoms with Crippen molar-refractivity contribution in [3.63, 3.8) is 0 Å². The highest BCUT2D eigenvalue weighted by atomic mass is 79.9. The van der Waals surface area contributed by atoms with E-state index < -0.39 is 0 Å². The van der Waals surface area contributed by atoms with Gasteiger partial charge in [-0.25, -0.2) is 0 Å². The third kappa shape index (κ3) is 3.05. The molecule has 0 aliphatic carbocycles. The Morgan fingerprint density at radius 2 is 1.71 bits per heavy atom. The summed E-state index contributed by atoms with van der Waals surface area (Å²) in [6.45, 7) is 4.46. The smallest absolute Gasteiger partial charge is 0.0402 e. The normalized spacial score (nSPS) is 14.2. The number of hydrogen-bond donors (Lipinski definition) is 1. The Morgan fingerprint density at radius 1 is 0.952 bits per heavy atom. The van der Waals surface area contributed by atoms with Crippen LogP contribution in [0.4, 0.5) is 0 Å². The second-order valence-corrected chi connectivity index (χ2v) is 7.11. The minimum absolute atomic E-state index is 0.306. The maximum atomic E-state index is 3.71. The summed E-state index contributed by atoms with van der Waals surface area (Å²) in [4.78, 5) is 1.35. The molecule has 108 valence electrons. The van der Waals surface area contributed by atoms with E-state index in [1.54, 1.807) is 11.3 Å². The number of thiophene rings is 1. The van der Waals surface area contributed by atoms with Gasteiger partial charge in [-0.05, 0) is 57.6 Å². The first-order valence-corrected chi connectivity index (χ1v) is 8.80. The van der Waals surface area contributed by atoms with Gasteiger partial charge in [0, 0.05) is 21.4 Å². The molecule has 2 atom stereocenters. The number of nitrogens with one attached hydrogen (secondary N) is 1. The summed E-state index contributed by atoms with van der Waals surface area (Å²) < 4.78 is 1.19. The number of fused-ring (bicyclic) bond motifs is 1. The first-order valence-electron chi connectivity index (χ1n) is 7.13.